The van der Waals surface area contributed by atoms with Crippen LogP contribution in [0, 0.1) is 0 Å². The Balaban J connectivity index is 0.854. The van der Waals surface area contributed by atoms with E-state index in [4.69, 9.17) is 0 Å². The fraction of sp³-hybridized carbons (Fsp3) is 0. The highest BCUT2D eigenvalue weighted by atomic mass is 32.2. The van der Waals surface area contributed by atoms with Gasteiger partial charge in [0, 0.05) is 34.1 Å². The van der Waals surface area contributed by atoms with E-state index in [1.165, 1.54) is 72.8 Å². The lowest BCUT2D eigenvalue weighted by Crippen LogP contribution is -2.34. The van der Waals surface area contributed by atoms with Crippen molar-refractivity contribution in [1.82, 2.24) is 9.44 Å². The van der Waals surface area contributed by atoms with Crippen molar-refractivity contribution in [1.29, 1.82) is 0 Å². The van der Waals surface area contributed by atoms with Crippen molar-refractivity contribution < 1.29 is 36.0 Å². The second-order valence-electron chi connectivity index (χ2n) is 13.0. The molecule has 7 aromatic carbocycles. The molecule has 0 radical (unpaired) electrons. The van der Waals surface area contributed by atoms with E-state index in [9.17, 15) is 36.0 Å². The first kappa shape index (κ1) is 40.2. The molecule has 7 aromatic rings. The molecule has 0 aliphatic rings. The first-order valence-electron chi connectivity index (χ1n) is 17.9. The Bertz CT molecular complexity index is 2780. The Labute approximate surface area is 343 Å². The van der Waals surface area contributed by atoms with Crippen LogP contribution in [0.15, 0.2) is 168 Å². The Hall–Kier alpha value is -7.96. The summed E-state index contributed by atoms with van der Waals surface area (Å²) in [5, 5.41) is 19.4. The first-order valence-corrected chi connectivity index (χ1v) is 20.9. The number of sulfonamides is 2. The SMILES string of the molecule is O=C(Nc1ccc(S(=O)(=O)NC(=O)Nc2ccc(NC(=O)NS(=O)(=O)c3ccc(NC(=O)Nc4ccc5ccccc5c4)cc3)cc2)cc1)Nc1ccc2ccccc2c1. The minimum absolute atomic E-state index is 0.151. The van der Waals surface area contributed by atoms with Gasteiger partial charge in [-0.1, -0.05) is 60.7 Å². The maximum Gasteiger partial charge on any atom is 0.333 e. The molecule has 0 aliphatic heterocycles. The Morgan fingerprint density at radius 3 is 0.917 bits per heavy atom. The molecule has 0 spiro atoms. The number of hydrogen-bond donors (Lipinski definition) is 8. The van der Waals surface area contributed by atoms with Gasteiger partial charge < -0.3 is 31.9 Å². The van der Waals surface area contributed by atoms with E-state index in [0.717, 1.165) is 21.5 Å². The van der Waals surface area contributed by atoms with E-state index in [-0.39, 0.29) is 21.2 Å². The number of rotatable bonds is 10. The molecule has 0 saturated carbocycles. The average molecular weight is 843 g/mol. The maximum atomic E-state index is 12.9. The van der Waals surface area contributed by atoms with Gasteiger partial charge in [0.1, 0.15) is 0 Å². The van der Waals surface area contributed by atoms with Crippen molar-refractivity contribution in [3.05, 3.63) is 158 Å². The second-order valence-corrected chi connectivity index (χ2v) is 16.4. The van der Waals surface area contributed by atoms with Gasteiger partial charge in [0.2, 0.25) is 0 Å². The van der Waals surface area contributed by atoms with E-state index in [0.29, 0.717) is 22.7 Å². The third-order valence-electron chi connectivity index (χ3n) is 8.71. The summed E-state index contributed by atoms with van der Waals surface area (Å²) in [4.78, 5) is 49.7. The molecule has 0 unspecified atom stereocenters. The molecule has 8 N–H and O–H groups in total. The topological polar surface area (TPSA) is 233 Å². The Morgan fingerprint density at radius 1 is 0.300 bits per heavy atom. The first-order chi connectivity index (χ1) is 28.8. The number of amides is 8. The van der Waals surface area contributed by atoms with E-state index in [1.807, 2.05) is 82.2 Å². The quantitative estimate of drug-likeness (QED) is 0.0666. The highest BCUT2D eigenvalue weighted by Crippen LogP contribution is 2.22. The average Bonchev–Trinajstić information content (AvgIpc) is 3.21. The highest BCUT2D eigenvalue weighted by Gasteiger charge is 2.20. The smallest absolute Gasteiger partial charge is 0.308 e. The third kappa shape index (κ3) is 10.3. The molecule has 0 fully saturated rings. The largest absolute Gasteiger partial charge is 0.333 e. The van der Waals surface area contributed by atoms with Gasteiger partial charge in [-0.15, -0.1) is 0 Å². The maximum absolute atomic E-state index is 12.9. The number of carbonyl (C=O) groups excluding carboxylic acids is 4. The normalized spacial score (nSPS) is 11.2. The fourth-order valence-corrected chi connectivity index (χ4v) is 7.68. The van der Waals surface area contributed by atoms with Gasteiger partial charge in [0.15, 0.2) is 0 Å². The van der Waals surface area contributed by atoms with Gasteiger partial charge in [-0.2, -0.15) is 0 Å². The molecule has 60 heavy (non-hydrogen) atoms. The molecule has 0 aliphatic carbocycles. The fourth-order valence-electron chi connectivity index (χ4n) is 5.87. The van der Waals surface area contributed by atoms with Crippen LogP contribution in [0.3, 0.4) is 0 Å². The summed E-state index contributed by atoms with van der Waals surface area (Å²) >= 11 is 0. The van der Waals surface area contributed by atoms with E-state index >= 15 is 0 Å². The molecule has 16 nitrogen and oxygen atoms in total. The molecular weight excluding hydrogens is 809 g/mol. The van der Waals surface area contributed by atoms with Crippen molar-refractivity contribution in [2.45, 2.75) is 9.79 Å². The number of carbonyl (C=O) groups is 4. The zero-order valence-electron chi connectivity index (χ0n) is 31.1. The van der Waals surface area contributed by atoms with Crippen LogP contribution in [0.1, 0.15) is 0 Å². The van der Waals surface area contributed by atoms with E-state index < -0.39 is 44.2 Å². The summed E-state index contributed by atoms with van der Waals surface area (Å²) in [6.45, 7) is 0. The van der Waals surface area contributed by atoms with Gasteiger partial charge in [-0.25, -0.2) is 45.5 Å². The van der Waals surface area contributed by atoms with Crippen LogP contribution in [0.5, 0.6) is 0 Å². The Kier molecular flexibility index (Phi) is 11.6. The molecule has 8 amide bonds. The lowest BCUT2D eigenvalue weighted by molar-refractivity contribution is 0.255. The monoisotopic (exact) mass is 842 g/mol. The van der Waals surface area contributed by atoms with Gasteiger partial charge in [0.05, 0.1) is 9.79 Å². The number of nitrogens with one attached hydrogen (secondary N) is 8. The summed E-state index contributed by atoms with van der Waals surface area (Å²) in [6, 6.07) is 38.8. The van der Waals surface area contributed by atoms with Crippen molar-refractivity contribution >= 4 is 99.8 Å². The number of fused-ring (bicyclic) bond motifs is 2. The lowest BCUT2D eigenvalue weighted by atomic mass is 10.1. The van der Waals surface area contributed by atoms with Gasteiger partial charge in [0.25, 0.3) is 20.0 Å². The molecule has 0 aromatic heterocycles. The molecule has 18 heteroatoms. The minimum Gasteiger partial charge on any atom is -0.308 e. The molecule has 0 heterocycles. The van der Waals surface area contributed by atoms with Gasteiger partial charge in [-0.05, 0) is 119 Å². The van der Waals surface area contributed by atoms with Crippen LogP contribution in [0.2, 0.25) is 0 Å². The summed E-state index contributed by atoms with van der Waals surface area (Å²) < 4.78 is 55.3. The molecule has 0 bridgehead atoms. The van der Waals surface area contributed by atoms with Crippen LogP contribution in [0.25, 0.3) is 21.5 Å². The summed E-state index contributed by atoms with van der Waals surface area (Å²) in [5.74, 6) is 0. The minimum atomic E-state index is -4.32. The zero-order valence-corrected chi connectivity index (χ0v) is 32.7. The van der Waals surface area contributed by atoms with Crippen LogP contribution in [0.4, 0.5) is 53.3 Å². The molecule has 0 saturated heterocycles. The van der Waals surface area contributed by atoms with Gasteiger partial charge >= 0.3 is 24.1 Å². The zero-order chi connectivity index (χ0) is 42.3. The second kappa shape index (κ2) is 17.3. The van der Waals surface area contributed by atoms with Crippen molar-refractivity contribution in [2.75, 3.05) is 31.9 Å². The predicted octanol–water partition coefficient (Wildman–Crippen LogP) is 8.30. The molecule has 0 atom stereocenters. The highest BCUT2D eigenvalue weighted by molar-refractivity contribution is 7.90. The number of hydrogen-bond acceptors (Lipinski definition) is 8. The number of urea groups is 4. The Morgan fingerprint density at radius 2 is 0.567 bits per heavy atom. The van der Waals surface area contributed by atoms with Crippen LogP contribution < -0.4 is 41.3 Å². The summed E-state index contributed by atoms with van der Waals surface area (Å²) in [7, 11) is -8.64. The predicted molar refractivity (Wildman–Crippen MR) is 231 cm³/mol. The van der Waals surface area contributed by atoms with Crippen LogP contribution >= 0.6 is 0 Å². The van der Waals surface area contributed by atoms with Gasteiger partial charge in [-0.3, -0.25) is 0 Å². The van der Waals surface area contributed by atoms with E-state index in [2.05, 4.69) is 31.9 Å². The summed E-state index contributed by atoms with van der Waals surface area (Å²) in [6.07, 6.45) is 0. The molecular formula is C42H34N8O8S2. The van der Waals surface area contributed by atoms with Crippen LogP contribution in [-0.2, 0) is 20.0 Å². The van der Waals surface area contributed by atoms with Crippen molar-refractivity contribution in [3.8, 4) is 0 Å². The summed E-state index contributed by atoms with van der Waals surface area (Å²) in [5.41, 5.74) is 2.05. The molecule has 302 valence electrons. The standard InChI is InChI=1S/C42H34N8O8S2/c51-39(47-35-11-9-27-5-1-3-7-29(27)25-35)43-33-17-21-37(22-18-33)59(55,56)49-41(53)45-31-13-15-32(16-14-31)46-42(54)50-60(57,58)38-23-19-34(20-24-38)44-40(52)48-36-12-10-28-6-2-4-8-30(28)26-36/h1-26H,(H2,43,47,51)(H2,44,48,52)(H2,45,49,53)(H2,46,50,54). The van der Waals surface area contributed by atoms with Crippen molar-refractivity contribution in [3.63, 3.8) is 0 Å². The molecule has 7 rings (SSSR count). The lowest BCUT2D eigenvalue weighted by Gasteiger charge is -2.12. The third-order valence-corrected chi connectivity index (χ3v) is 11.4. The number of anilines is 6. The van der Waals surface area contributed by atoms with Crippen LogP contribution in [-0.4, -0.2) is 41.0 Å². The number of benzene rings is 7. The van der Waals surface area contributed by atoms with E-state index in [1.54, 1.807) is 12.1 Å². The van der Waals surface area contributed by atoms with Crippen molar-refractivity contribution in [2.24, 2.45) is 0 Å².